The Bertz CT molecular complexity index is 311. The molecule has 0 fully saturated rings. The lowest BCUT2D eigenvalue weighted by atomic mass is 10.0. The maximum absolute atomic E-state index is 7.76. The van der Waals surface area contributed by atoms with Gasteiger partial charge in [-0.3, -0.25) is 4.98 Å². The highest BCUT2D eigenvalue weighted by atomic mass is 35.5. The van der Waals surface area contributed by atoms with Gasteiger partial charge in [0.2, 0.25) is 0 Å². The van der Waals surface area contributed by atoms with E-state index in [1.165, 1.54) is 0 Å². The first-order chi connectivity index (χ1) is 6.00. The molecule has 1 aromatic rings. The highest BCUT2D eigenvalue weighted by Gasteiger charge is 2.08. The fourth-order valence-corrected chi connectivity index (χ4v) is 1.32. The Labute approximate surface area is 83.5 Å². The van der Waals surface area contributed by atoms with Gasteiger partial charge in [0.1, 0.15) is 0 Å². The van der Waals surface area contributed by atoms with Gasteiger partial charge in [-0.2, -0.15) is 0 Å². The quantitative estimate of drug-likeness (QED) is 0.726. The summed E-state index contributed by atoms with van der Waals surface area (Å²) in [5.41, 5.74) is 2.07. The second kappa shape index (κ2) is 3.88. The van der Waals surface area contributed by atoms with E-state index in [2.05, 4.69) is 4.98 Å². The molecule has 0 unspecified atom stereocenters. The third-order valence-corrected chi connectivity index (χ3v) is 1.99. The van der Waals surface area contributed by atoms with Gasteiger partial charge in [-0.15, -0.1) is 0 Å². The van der Waals surface area contributed by atoms with Crippen molar-refractivity contribution in [3.63, 3.8) is 0 Å². The van der Waals surface area contributed by atoms with Crippen LogP contribution < -0.4 is 0 Å². The first-order valence-electron chi connectivity index (χ1n) is 4.23. The summed E-state index contributed by atoms with van der Waals surface area (Å²) in [4.78, 5) is 4.25. The van der Waals surface area contributed by atoms with Crippen LogP contribution in [0.3, 0.4) is 0 Å². The summed E-state index contributed by atoms with van der Waals surface area (Å²) in [6.45, 7) is 5.82. The van der Waals surface area contributed by atoms with E-state index in [0.29, 0.717) is 16.4 Å². The highest BCUT2D eigenvalue weighted by molar-refractivity contribution is 6.31. The smallest absolute Gasteiger partial charge is 0.0857 e. The fraction of sp³-hybridized carbons (Fsp3) is 0.400. The van der Waals surface area contributed by atoms with E-state index in [1.807, 2.05) is 20.8 Å². The van der Waals surface area contributed by atoms with E-state index in [0.717, 1.165) is 5.69 Å². The Morgan fingerprint density at radius 1 is 1.46 bits per heavy atom. The van der Waals surface area contributed by atoms with Crippen LogP contribution in [0.5, 0.6) is 0 Å². The maximum atomic E-state index is 7.76. The first kappa shape index (κ1) is 10.2. The molecule has 0 bridgehead atoms. The van der Waals surface area contributed by atoms with Crippen LogP contribution in [0.15, 0.2) is 12.1 Å². The lowest BCUT2D eigenvalue weighted by molar-refractivity contribution is 0.870. The number of nitrogens with one attached hydrogen (secondary N) is 1. The second-order valence-electron chi connectivity index (χ2n) is 3.38. The van der Waals surface area contributed by atoms with Crippen molar-refractivity contribution in [1.29, 1.82) is 5.41 Å². The lowest BCUT2D eigenvalue weighted by Gasteiger charge is -2.07. The zero-order valence-electron chi connectivity index (χ0n) is 8.06. The van der Waals surface area contributed by atoms with Gasteiger partial charge in [0.15, 0.2) is 0 Å². The van der Waals surface area contributed by atoms with Gasteiger partial charge in [-0.1, -0.05) is 25.4 Å². The van der Waals surface area contributed by atoms with E-state index in [9.17, 15) is 0 Å². The molecule has 2 nitrogen and oxygen atoms in total. The maximum Gasteiger partial charge on any atom is 0.0857 e. The van der Waals surface area contributed by atoms with Crippen LogP contribution in [0.25, 0.3) is 0 Å². The number of aryl methyl sites for hydroxylation is 1. The molecule has 0 aliphatic carbocycles. The predicted octanol–water partition coefficient (Wildman–Crippen LogP) is 3.07. The summed E-state index contributed by atoms with van der Waals surface area (Å²) in [6, 6.07) is 3.52. The normalized spacial score (nSPS) is 10.5. The number of rotatable bonds is 2. The molecule has 0 saturated heterocycles. The minimum atomic E-state index is 0.186. The average Bonchev–Trinajstić information content (AvgIpc) is 2.01. The van der Waals surface area contributed by atoms with Crippen molar-refractivity contribution in [3.05, 3.63) is 28.5 Å². The predicted molar refractivity (Wildman–Crippen MR) is 55.7 cm³/mol. The zero-order chi connectivity index (χ0) is 10.0. The monoisotopic (exact) mass is 196 g/mol. The van der Waals surface area contributed by atoms with Crippen LogP contribution in [0.2, 0.25) is 5.02 Å². The molecule has 0 radical (unpaired) electrons. The van der Waals surface area contributed by atoms with E-state index in [4.69, 9.17) is 17.0 Å². The Morgan fingerprint density at radius 2 is 2.08 bits per heavy atom. The summed E-state index contributed by atoms with van der Waals surface area (Å²) in [7, 11) is 0. The molecule has 0 saturated carbocycles. The van der Waals surface area contributed by atoms with Crippen molar-refractivity contribution in [2.75, 3.05) is 0 Å². The van der Waals surface area contributed by atoms with Crippen molar-refractivity contribution in [2.24, 2.45) is 5.92 Å². The van der Waals surface area contributed by atoms with Gasteiger partial charge in [0.25, 0.3) is 0 Å². The number of hydrogen-bond acceptors (Lipinski definition) is 2. The van der Waals surface area contributed by atoms with Gasteiger partial charge >= 0.3 is 0 Å². The molecule has 0 spiro atoms. The summed E-state index contributed by atoms with van der Waals surface area (Å²) < 4.78 is 0. The summed E-state index contributed by atoms with van der Waals surface area (Å²) in [5, 5.41) is 8.40. The van der Waals surface area contributed by atoms with E-state index in [1.54, 1.807) is 12.1 Å². The molecule has 1 rings (SSSR count). The Hall–Kier alpha value is -0.890. The molecule has 0 aliphatic rings. The molecule has 1 heterocycles. The molecule has 3 heteroatoms. The van der Waals surface area contributed by atoms with Gasteiger partial charge in [-0.05, 0) is 25.0 Å². The van der Waals surface area contributed by atoms with Gasteiger partial charge in [0.05, 0.1) is 11.4 Å². The molecule has 1 aromatic heterocycles. The number of pyridine rings is 1. The first-order valence-corrected chi connectivity index (χ1v) is 4.61. The topological polar surface area (TPSA) is 36.7 Å². The minimum absolute atomic E-state index is 0.186. The van der Waals surface area contributed by atoms with Crippen molar-refractivity contribution < 1.29 is 0 Å². The number of hydrogen-bond donors (Lipinski definition) is 1. The van der Waals surface area contributed by atoms with Crippen LogP contribution in [-0.4, -0.2) is 10.7 Å². The Kier molecular flexibility index (Phi) is 3.04. The molecule has 13 heavy (non-hydrogen) atoms. The molecule has 0 atom stereocenters. The van der Waals surface area contributed by atoms with Gasteiger partial charge < -0.3 is 5.41 Å². The van der Waals surface area contributed by atoms with Crippen LogP contribution in [0.1, 0.15) is 25.2 Å². The third kappa shape index (κ3) is 2.52. The van der Waals surface area contributed by atoms with Gasteiger partial charge in [0, 0.05) is 10.7 Å². The molecular formula is C10H13ClN2. The van der Waals surface area contributed by atoms with Crippen LogP contribution in [0.4, 0.5) is 0 Å². The van der Waals surface area contributed by atoms with Crippen molar-refractivity contribution in [1.82, 2.24) is 4.98 Å². The largest absolute Gasteiger partial charge is 0.303 e. The number of aromatic nitrogens is 1. The van der Waals surface area contributed by atoms with Crippen LogP contribution >= 0.6 is 11.6 Å². The van der Waals surface area contributed by atoms with Crippen molar-refractivity contribution in [3.8, 4) is 0 Å². The molecule has 0 amide bonds. The Morgan fingerprint density at radius 3 is 2.54 bits per heavy atom. The summed E-state index contributed by atoms with van der Waals surface area (Å²) >= 11 is 5.86. The molecule has 1 N–H and O–H groups in total. The Balaban J connectivity index is 3.08. The second-order valence-corrected chi connectivity index (χ2v) is 3.82. The minimum Gasteiger partial charge on any atom is -0.303 e. The average molecular weight is 197 g/mol. The van der Waals surface area contributed by atoms with Gasteiger partial charge in [-0.25, -0.2) is 0 Å². The van der Waals surface area contributed by atoms with E-state index >= 15 is 0 Å². The van der Waals surface area contributed by atoms with Crippen LogP contribution in [-0.2, 0) is 0 Å². The number of nitrogens with zero attached hydrogens (tertiary/aromatic N) is 1. The van der Waals surface area contributed by atoms with E-state index in [-0.39, 0.29) is 5.92 Å². The summed E-state index contributed by atoms with van der Waals surface area (Å²) in [6.07, 6.45) is 0. The molecule has 0 aliphatic heterocycles. The number of halogens is 1. The fourth-order valence-electron chi connectivity index (χ4n) is 1.06. The standard InChI is InChI=1S/C10H13ClN2/c1-6(2)10(12)9-5-8(11)4-7(3)13-9/h4-6,12H,1-3H3. The van der Waals surface area contributed by atoms with Crippen molar-refractivity contribution >= 4 is 17.3 Å². The molecule has 70 valence electrons. The SMILES string of the molecule is Cc1cc(Cl)cc(C(=N)C(C)C)n1. The van der Waals surface area contributed by atoms with E-state index < -0.39 is 0 Å². The van der Waals surface area contributed by atoms with Crippen LogP contribution in [0, 0.1) is 18.3 Å². The third-order valence-electron chi connectivity index (χ3n) is 1.77. The lowest BCUT2D eigenvalue weighted by Crippen LogP contribution is -2.10. The van der Waals surface area contributed by atoms with Crippen molar-refractivity contribution in [2.45, 2.75) is 20.8 Å². The molecule has 0 aromatic carbocycles. The summed E-state index contributed by atoms with van der Waals surface area (Å²) in [5.74, 6) is 0.186. The zero-order valence-corrected chi connectivity index (χ0v) is 8.81. The highest BCUT2D eigenvalue weighted by Crippen LogP contribution is 2.14. The molecular weight excluding hydrogens is 184 g/mol.